The number of rotatable bonds is 4. The first-order valence-electron chi connectivity index (χ1n) is 11.4. The van der Waals surface area contributed by atoms with Crippen molar-refractivity contribution >= 4 is 5.78 Å². The average molecular weight is 520 g/mol. The van der Waals surface area contributed by atoms with Crippen molar-refractivity contribution in [3.63, 3.8) is 0 Å². The van der Waals surface area contributed by atoms with Gasteiger partial charge < -0.3 is 23.4 Å². The summed E-state index contributed by atoms with van der Waals surface area (Å²) in [4.78, 5) is 11.8. The number of fused-ring (bicyclic) bond motifs is 2. The molecule has 3 rings (SSSR count). The number of Topliss-reactive ketones (excluding diaryl/α,β-unsaturated/α-hetero) is 1. The van der Waals surface area contributed by atoms with Gasteiger partial charge in [0.25, 0.3) is 0 Å². The van der Waals surface area contributed by atoms with Gasteiger partial charge in [-0.15, -0.1) is 5.92 Å². The number of benzene rings is 2. The van der Waals surface area contributed by atoms with Crippen LogP contribution in [0.15, 0.2) is 48.5 Å². The van der Waals surface area contributed by atoms with Crippen LogP contribution in [0.2, 0.25) is 0 Å². The maximum atomic E-state index is 11.8. The molecule has 1 radical (unpaired) electrons. The van der Waals surface area contributed by atoms with E-state index in [1.807, 2.05) is 39.0 Å². The summed E-state index contributed by atoms with van der Waals surface area (Å²) in [6, 6.07) is 16.5. The van der Waals surface area contributed by atoms with E-state index < -0.39 is 0 Å². The van der Waals surface area contributed by atoms with E-state index in [0.29, 0.717) is 6.61 Å². The van der Waals surface area contributed by atoms with Gasteiger partial charge >= 0.3 is 0 Å². The summed E-state index contributed by atoms with van der Waals surface area (Å²) in [6.07, 6.45) is 1.74. The quantitative estimate of drug-likeness (QED) is 0.321. The van der Waals surface area contributed by atoms with Crippen molar-refractivity contribution in [2.75, 3.05) is 6.61 Å². The number of carbonyl (C=O) groups excluding carboxylic acids is 1. The summed E-state index contributed by atoms with van der Waals surface area (Å²) in [7, 11) is 0. The predicted molar refractivity (Wildman–Crippen MR) is 134 cm³/mol. The second-order valence-corrected chi connectivity index (χ2v) is 10.6. The molecule has 2 atom stereocenters. The van der Waals surface area contributed by atoms with Crippen LogP contribution in [-0.4, -0.2) is 12.4 Å². The summed E-state index contributed by atoms with van der Waals surface area (Å²) < 4.78 is 5.82. The molecule has 1 aliphatic carbocycles. The zero-order valence-electron chi connectivity index (χ0n) is 21.2. The van der Waals surface area contributed by atoms with Gasteiger partial charge in [0.1, 0.15) is 5.78 Å². The molecule has 0 bridgehead atoms. The predicted octanol–water partition coefficient (Wildman–Crippen LogP) is 7.02. The van der Waals surface area contributed by atoms with Crippen LogP contribution in [0.25, 0.3) is 0 Å². The average Bonchev–Trinajstić information content (AvgIpc) is 2.69. The Bertz CT molecular complexity index is 967. The Kier molecular flexibility index (Phi) is 11.7. The molecule has 0 amide bonds. The second kappa shape index (κ2) is 13.0. The minimum absolute atomic E-state index is 0. The third-order valence-electron chi connectivity index (χ3n) is 5.35. The molecule has 33 heavy (non-hydrogen) atoms. The molecule has 2 aromatic carbocycles. The molecule has 3 heteroatoms. The maximum Gasteiger partial charge on any atom is 0.111 e. The zero-order valence-corrected chi connectivity index (χ0v) is 24.0. The van der Waals surface area contributed by atoms with Crippen LogP contribution in [0, 0.1) is 42.4 Å². The van der Waals surface area contributed by atoms with Crippen LogP contribution >= 0.6 is 0 Å². The minimum atomic E-state index is -0.252. The van der Waals surface area contributed by atoms with Gasteiger partial charge in [0.2, 0.25) is 0 Å². The standard InChI is InChI=1S/C18H15O.C12H23O.Y/c1-2-19-18-13-16-9-4-3-7-14(16)11-12-15-8-5-6-10-17(15)18;1-9(8-11(2,3)4)10(13)12(5,6)7;/h3-10,18H,1-2,13H2;9H,1,8H2,2-7H3;/q2*-1;. The smallest absolute Gasteiger partial charge is 0.111 e. The molecule has 0 aromatic heterocycles. The molecule has 2 aromatic rings. The number of hydrogen-bond acceptors (Lipinski definition) is 2. The summed E-state index contributed by atoms with van der Waals surface area (Å²) in [5, 5.41) is 0. The first-order chi connectivity index (χ1) is 14.9. The summed E-state index contributed by atoms with van der Waals surface area (Å²) in [6.45, 7) is 20.5. The van der Waals surface area contributed by atoms with Crippen molar-refractivity contribution in [2.24, 2.45) is 16.7 Å². The largest absolute Gasteiger partial charge is 0.405 e. The Morgan fingerprint density at radius 2 is 1.55 bits per heavy atom. The van der Waals surface area contributed by atoms with E-state index in [9.17, 15) is 4.79 Å². The third-order valence-corrected chi connectivity index (χ3v) is 5.35. The number of ether oxygens (including phenoxy) is 1. The van der Waals surface area contributed by atoms with Gasteiger partial charge in [0, 0.05) is 55.7 Å². The molecular weight excluding hydrogens is 481 g/mol. The Balaban J connectivity index is 0.000000346. The zero-order chi connectivity index (χ0) is 23.9. The molecule has 2 nitrogen and oxygen atoms in total. The van der Waals surface area contributed by atoms with Gasteiger partial charge in [-0.2, -0.15) is 0 Å². The van der Waals surface area contributed by atoms with E-state index >= 15 is 0 Å². The van der Waals surface area contributed by atoms with E-state index in [2.05, 4.69) is 76.8 Å². The number of hydrogen-bond donors (Lipinski definition) is 0. The monoisotopic (exact) mass is 519 g/mol. The van der Waals surface area contributed by atoms with Crippen LogP contribution in [-0.2, 0) is 48.7 Å². The molecule has 0 aliphatic heterocycles. The molecule has 0 fully saturated rings. The van der Waals surface area contributed by atoms with Crippen molar-refractivity contribution in [3.8, 4) is 11.8 Å². The van der Waals surface area contributed by atoms with Crippen LogP contribution in [0.5, 0.6) is 0 Å². The number of carbonyl (C=O) groups is 1. The van der Waals surface area contributed by atoms with E-state index in [-0.39, 0.29) is 61.3 Å². The van der Waals surface area contributed by atoms with Crippen LogP contribution in [0.1, 0.15) is 76.3 Å². The van der Waals surface area contributed by atoms with Crippen molar-refractivity contribution in [1.29, 1.82) is 0 Å². The van der Waals surface area contributed by atoms with Crippen LogP contribution in [0.3, 0.4) is 0 Å². The fraction of sp³-hybridized carbons (Fsp3) is 0.433. The van der Waals surface area contributed by atoms with Gasteiger partial charge in [0.05, 0.1) is 6.10 Å². The van der Waals surface area contributed by atoms with Gasteiger partial charge in [-0.3, -0.25) is 0 Å². The fourth-order valence-electron chi connectivity index (χ4n) is 3.89. The first-order valence-corrected chi connectivity index (χ1v) is 11.4. The summed E-state index contributed by atoms with van der Waals surface area (Å²) >= 11 is 0. The van der Waals surface area contributed by atoms with E-state index in [1.165, 1.54) is 5.56 Å². The Hall–Kier alpha value is -1.27. The van der Waals surface area contributed by atoms with E-state index in [0.717, 1.165) is 29.5 Å². The second-order valence-electron chi connectivity index (χ2n) is 10.6. The van der Waals surface area contributed by atoms with Crippen molar-refractivity contribution < 1.29 is 42.2 Å². The Morgan fingerprint density at radius 1 is 1.00 bits per heavy atom. The molecule has 0 N–H and O–H groups in total. The normalized spacial score (nSPS) is 15.6. The molecular formula is C30H38O2Y-2. The molecule has 1 aliphatic rings. The van der Waals surface area contributed by atoms with Crippen LogP contribution in [0.4, 0.5) is 0 Å². The molecule has 0 spiro atoms. The third kappa shape index (κ3) is 9.48. The Labute approximate surface area is 227 Å². The van der Waals surface area contributed by atoms with Crippen molar-refractivity contribution in [1.82, 2.24) is 0 Å². The van der Waals surface area contributed by atoms with Crippen molar-refractivity contribution in [3.05, 3.63) is 84.6 Å². The summed E-state index contributed by atoms with van der Waals surface area (Å²) in [5.74, 6) is 6.72. The van der Waals surface area contributed by atoms with Gasteiger partial charge in [-0.1, -0.05) is 103 Å². The maximum absolute atomic E-state index is 11.8. The molecule has 0 saturated carbocycles. The number of ketones is 1. The topological polar surface area (TPSA) is 26.3 Å². The molecule has 2 unspecified atom stereocenters. The van der Waals surface area contributed by atoms with E-state index in [1.54, 1.807) is 0 Å². The molecule has 175 valence electrons. The SMILES string of the molecule is [CH2-]C(CC(C)(C)C)C(=O)C(C)(C)C.[CH2-]COC1Cc2ccccc2C#Cc2ccccc21.[Y]. The van der Waals surface area contributed by atoms with E-state index in [4.69, 9.17) is 4.74 Å². The van der Waals surface area contributed by atoms with Gasteiger partial charge in [0.15, 0.2) is 0 Å². The Morgan fingerprint density at radius 3 is 2.12 bits per heavy atom. The molecule has 0 saturated heterocycles. The van der Waals surface area contributed by atoms with Gasteiger partial charge in [-0.25, -0.2) is 0 Å². The first kappa shape index (κ1) is 29.8. The van der Waals surface area contributed by atoms with Crippen LogP contribution < -0.4 is 0 Å². The fourth-order valence-corrected chi connectivity index (χ4v) is 3.89. The van der Waals surface area contributed by atoms with Crippen molar-refractivity contribution in [2.45, 2.75) is 60.5 Å². The van der Waals surface area contributed by atoms with Gasteiger partial charge in [-0.05, 0) is 28.7 Å². The summed E-state index contributed by atoms with van der Waals surface area (Å²) in [5.41, 5.74) is 4.48. The minimum Gasteiger partial charge on any atom is -0.405 e. The molecule has 0 heterocycles.